The van der Waals surface area contributed by atoms with E-state index in [-0.39, 0.29) is 11.9 Å². The van der Waals surface area contributed by atoms with Crippen molar-refractivity contribution in [3.63, 3.8) is 0 Å². The summed E-state index contributed by atoms with van der Waals surface area (Å²) in [5.41, 5.74) is 1.93. The smallest absolute Gasteiger partial charge is 0.123 e. The molecular weight excluding hydrogens is 263 g/mol. The zero-order chi connectivity index (χ0) is 13.7. The Morgan fingerprint density at radius 2 is 2.00 bits per heavy atom. The molecule has 1 unspecified atom stereocenters. The van der Waals surface area contributed by atoms with Crippen molar-refractivity contribution in [3.05, 3.63) is 64.7 Å². The van der Waals surface area contributed by atoms with Crippen LogP contribution in [0, 0.1) is 5.82 Å². The Hall–Kier alpha value is -1.45. The summed E-state index contributed by atoms with van der Waals surface area (Å²) in [5.74, 6) is -0.260. The summed E-state index contributed by atoms with van der Waals surface area (Å²) in [5, 5.41) is 3.98. The minimum atomic E-state index is -0.260. The molecule has 2 aromatic rings. The molecule has 1 atom stereocenters. The van der Waals surface area contributed by atoms with Crippen molar-refractivity contribution >= 4 is 11.6 Å². The number of hydrogen-bond acceptors (Lipinski definition) is 2. The zero-order valence-corrected chi connectivity index (χ0v) is 11.5. The molecular formula is C15H16ClFN2. The molecule has 1 heterocycles. The van der Waals surface area contributed by atoms with Gasteiger partial charge < -0.3 is 5.32 Å². The van der Waals surface area contributed by atoms with Crippen LogP contribution in [0.3, 0.4) is 0 Å². The van der Waals surface area contributed by atoms with Gasteiger partial charge in [0.25, 0.3) is 0 Å². The van der Waals surface area contributed by atoms with Gasteiger partial charge in [-0.2, -0.15) is 0 Å². The summed E-state index contributed by atoms with van der Waals surface area (Å²) >= 11 is 6.12. The van der Waals surface area contributed by atoms with Crippen LogP contribution in [0.15, 0.2) is 42.7 Å². The number of halogens is 2. The highest BCUT2D eigenvalue weighted by atomic mass is 35.5. The number of likely N-dealkylation sites (N-methyl/N-ethyl adjacent to an activating group) is 1. The van der Waals surface area contributed by atoms with Crippen LogP contribution in [-0.2, 0) is 6.42 Å². The SMILES string of the molecule is CCNC(Cc1cc(F)ccc1Cl)c1ccncc1. The van der Waals surface area contributed by atoms with Crippen molar-refractivity contribution in [1.82, 2.24) is 10.3 Å². The first-order chi connectivity index (χ1) is 9.20. The van der Waals surface area contributed by atoms with E-state index in [1.807, 2.05) is 19.1 Å². The summed E-state index contributed by atoms with van der Waals surface area (Å²) < 4.78 is 13.3. The average molecular weight is 279 g/mol. The molecule has 1 N–H and O–H groups in total. The lowest BCUT2D eigenvalue weighted by Gasteiger charge is -2.19. The van der Waals surface area contributed by atoms with Gasteiger partial charge in [0, 0.05) is 23.5 Å². The minimum absolute atomic E-state index is 0.104. The number of nitrogens with one attached hydrogen (secondary N) is 1. The van der Waals surface area contributed by atoms with Crippen molar-refractivity contribution in [1.29, 1.82) is 0 Å². The Kier molecular flexibility index (Phi) is 4.88. The summed E-state index contributed by atoms with van der Waals surface area (Å²) in [7, 11) is 0. The molecule has 2 rings (SSSR count). The van der Waals surface area contributed by atoms with E-state index in [4.69, 9.17) is 11.6 Å². The maximum atomic E-state index is 13.3. The van der Waals surface area contributed by atoms with Crippen LogP contribution in [0.2, 0.25) is 5.02 Å². The van der Waals surface area contributed by atoms with Crippen LogP contribution in [0.25, 0.3) is 0 Å². The predicted molar refractivity (Wildman–Crippen MR) is 75.8 cm³/mol. The molecule has 0 saturated heterocycles. The first-order valence-electron chi connectivity index (χ1n) is 6.28. The third-order valence-electron chi connectivity index (χ3n) is 2.99. The van der Waals surface area contributed by atoms with Crippen LogP contribution < -0.4 is 5.32 Å². The van der Waals surface area contributed by atoms with Crippen molar-refractivity contribution in [2.24, 2.45) is 0 Å². The normalized spacial score (nSPS) is 12.4. The fraction of sp³-hybridized carbons (Fsp3) is 0.267. The average Bonchev–Trinajstić information content (AvgIpc) is 2.43. The third-order valence-corrected chi connectivity index (χ3v) is 3.36. The van der Waals surface area contributed by atoms with Crippen LogP contribution in [0.5, 0.6) is 0 Å². The lowest BCUT2D eigenvalue weighted by molar-refractivity contribution is 0.546. The third kappa shape index (κ3) is 3.75. The lowest BCUT2D eigenvalue weighted by atomic mass is 9.99. The van der Waals surface area contributed by atoms with Gasteiger partial charge in [-0.25, -0.2) is 4.39 Å². The van der Waals surface area contributed by atoms with Crippen LogP contribution in [0.4, 0.5) is 4.39 Å². The molecule has 2 nitrogen and oxygen atoms in total. The number of rotatable bonds is 5. The Bertz CT molecular complexity index is 531. The second-order valence-electron chi connectivity index (χ2n) is 4.33. The molecule has 0 bridgehead atoms. The fourth-order valence-corrected chi connectivity index (χ4v) is 2.26. The van der Waals surface area contributed by atoms with E-state index < -0.39 is 0 Å². The molecule has 0 aliphatic heterocycles. The molecule has 0 fully saturated rings. The first-order valence-corrected chi connectivity index (χ1v) is 6.65. The number of hydrogen-bond donors (Lipinski definition) is 1. The maximum Gasteiger partial charge on any atom is 0.123 e. The Balaban J connectivity index is 2.24. The van der Waals surface area contributed by atoms with E-state index >= 15 is 0 Å². The zero-order valence-electron chi connectivity index (χ0n) is 10.7. The standard InChI is InChI=1S/C15H16ClFN2/c1-2-19-15(11-5-7-18-8-6-11)10-12-9-13(17)3-4-14(12)16/h3-9,15,19H,2,10H2,1H3. The van der Waals surface area contributed by atoms with Crippen molar-refractivity contribution in [2.45, 2.75) is 19.4 Å². The lowest BCUT2D eigenvalue weighted by Crippen LogP contribution is -2.23. The van der Waals surface area contributed by atoms with Gasteiger partial charge in [-0.05, 0) is 54.4 Å². The summed E-state index contributed by atoms with van der Waals surface area (Å²) in [6, 6.07) is 8.49. The van der Waals surface area contributed by atoms with E-state index in [0.717, 1.165) is 17.7 Å². The van der Waals surface area contributed by atoms with Gasteiger partial charge in [-0.3, -0.25) is 4.98 Å². The van der Waals surface area contributed by atoms with Gasteiger partial charge in [-0.1, -0.05) is 18.5 Å². The van der Waals surface area contributed by atoms with Gasteiger partial charge in [0.15, 0.2) is 0 Å². The highest BCUT2D eigenvalue weighted by molar-refractivity contribution is 6.31. The van der Waals surface area contributed by atoms with Crippen LogP contribution >= 0.6 is 11.6 Å². The number of benzene rings is 1. The molecule has 1 aromatic carbocycles. The van der Waals surface area contributed by atoms with E-state index in [1.54, 1.807) is 18.5 Å². The Morgan fingerprint density at radius 3 is 2.68 bits per heavy atom. The number of pyridine rings is 1. The molecule has 0 saturated carbocycles. The van der Waals surface area contributed by atoms with E-state index in [1.165, 1.54) is 12.1 Å². The molecule has 0 radical (unpaired) electrons. The number of nitrogens with zero attached hydrogens (tertiary/aromatic N) is 1. The molecule has 1 aromatic heterocycles. The van der Waals surface area contributed by atoms with Gasteiger partial charge in [0.05, 0.1) is 0 Å². The second-order valence-corrected chi connectivity index (χ2v) is 4.74. The Labute approximate surface area is 117 Å². The molecule has 19 heavy (non-hydrogen) atoms. The molecule has 4 heteroatoms. The van der Waals surface area contributed by atoms with Crippen LogP contribution in [-0.4, -0.2) is 11.5 Å². The molecule has 0 spiro atoms. The maximum absolute atomic E-state index is 13.3. The largest absolute Gasteiger partial charge is 0.310 e. The quantitative estimate of drug-likeness (QED) is 0.901. The fourth-order valence-electron chi connectivity index (χ4n) is 2.07. The van der Waals surface area contributed by atoms with Gasteiger partial charge >= 0.3 is 0 Å². The summed E-state index contributed by atoms with van der Waals surface area (Å²) in [6.45, 7) is 2.88. The van der Waals surface area contributed by atoms with Gasteiger partial charge in [0.2, 0.25) is 0 Å². The molecule has 0 aliphatic carbocycles. The van der Waals surface area contributed by atoms with Gasteiger partial charge in [0.1, 0.15) is 5.82 Å². The van der Waals surface area contributed by atoms with E-state index in [0.29, 0.717) is 11.4 Å². The predicted octanol–water partition coefficient (Wildman–Crippen LogP) is 3.77. The van der Waals surface area contributed by atoms with Gasteiger partial charge in [-0.15, -0.1) is 0 Å². The first kappa shape index (κ1) is 14.0. The van der Waals surface area contributed by atoms with Crippen molar-refractivity contribution < 1.29 is 4.39 Å². The monoisotopic (exact) mass is 278 g/mol. The summed E-state index contributed by atoms with van der Waals surface area (Å²) in [4.78, 5) is 4.01. The minimum Gasteiger partial charge on any atom is -0.310 e. The molecule has 100 valence electrons. The highest BCUT2D eigenvalue weighted by Gasteiger charge is 2.13. The Morgan fingerprint density at radius 1 is 1.26 bits per heavy atom. The van der Waals surface area contributed by atoms with E-state index in [9.17, 15) is 4.39 Å². The molecule has 0 amide bonds. The highest BCUT2D eigenvalue weighted by Crippen LogP contribution is 2.24. The second kappa shape index (κ2) is 6.64. The number of aromatic nitrogens is 1. The molecule has 0 aliphatic rings. The topological polar surface area (TPSA) is 24.9 Å². The van der Waals surface area contributed by atoms with Crippen molar-refractivity contribution in [2.75, 3.05) is 6.54 Å². The summed E-state index contributed by atoms with van der Waals surface area (Å²) in [6.07, 6.45) is 4.16. The van der Waals surface area contributed by atoms with Crippen molar-refractivity contribution in [3.8, 4) is 0 Å². The van der Waals surface area contributed by atoms with Crippen LogP contribution in [0.1, 0.15) is 24.1 Å². The van der Waals surface area contributed by atoms with E-state index in [2.05, 4.69) is 10.3 Å².